The maximum Gasteiger partial charge on any atom is 0.186 e. The van der Waals surface area contributed by atoms with Crippen molar-refractivity contribution in [3.8, 4) is 0 Å². The van der Waals surface area contributed by atoms with Crippen molar-refractivity contribution in [2.24, 2.45) is 0 Å². The standard InChI is InChI=1S/C20H22O5/c21-17-19(23-12-15-9-5-2-6-10-15)18(16-13-24-20(17)25-16)22-11-14-7-3-1-4-8-14/h1-10,16-21H,11-13H2/t16-,17-,18-,19-,20-/m1/s1. The van der Waals surface area contributed by atoms with Crippen LogP contribution in [0.15, 0.2) is 60.7 Å². The largest absolute Gasteiger partial charge is 0.385 e. The van der Waals surface area contributed by atoms with E-state index >= 15 is 0 Å². The third-order valence-electron chi connectivity index (χ3n) is 4.61. The van der Waals surface area contributed by atoms with E-state index in [0.717, 1.165) is 11.1 Å². The Balaban J connectivity index is 1.45. The van der Waals surface area contributed by atoms with Gasteiger partial charge >= 0.3 is 0 Å². The SMILES string of the molecule is O[C@H]1[C@@H]2OC[C@@H](O2)[C@@H](OCc2ccccc2)[C@@H]1OCc1ccccc1. The van der Waals surface area contributed by atoms with Gasteiger partial charge in [-0.25, -0.2) is 0 Å². The molecule has 5 atom stereocenters. The fourth-order valence-electron chi connectivity index (χ4n) is 3.28. The minimum atomic E-state index is -0.872. The van der Waals surface area contributed by atoms with E-state index in [9.17, 15) is 5.11 Å². The van der Waals surface area contributed by atoms with Gasteiger partial charge in [-0.05, 0) is 11.1 Å². The molecular formula is C20H22O5. The zero-order valence-electron chi connectivity index (χ0n) is 13.9. The van der Waals surface area contributed by atoms with E-state index in [1.54, 1.807) is 0 Å². The van der Waals surface area contributed by atoms with Crippen molar-refractivity contribution in [2.45, 2.75) is 43.9 Å². The van der Waals surface area contributed by atoms with E-state index in [0.29, 0.717) is 19.8 Å². The maximum absolute atomic E-state index is 10.5. The van der Waals surface area contributed by atoms with E-state index in [1.807, 2.05) is 60.7 Å². The highest BCUT2D eigenvalue weighted by Gasteiger charge is 2.51. The highest BCUT2D eigenvalue weighted by atomic mass is 16.7. The van der Waals surface area contributed by atoms with Crippen LogP contribution in [0.1, 0.15) is 11.1 Å². The molecule has 2 aromatic carbocycles. The lowest BCUT2D eigenvalue weighted by Crippen LogP contribution is -2.55. The van der Waals surface area contributed by atoms with E-state index in [-0.39, 0.29) is 12.2 Å². The van der Waals surface area contributed by atoms with Crippen molar-refractivity contribution in [2.75, 3.05) is 6.61 Å². The Kier molecular flexibility index (Phi) is 5.10. The molecule has 0 radical (unpaired) electrons. The van der Waals surface area contributed by atoms with Gasteiger partial charge < -0.3 is 24.1 Å². The summed E-state index contributed by atoms with van der Waals surface area (Å²) < 4.78 is 23.3. The van der Waals surface area contributed by atoms with Crippen molar-refractivity contribution >= 4 is 0 Å². The molecule has 0 amide bonds. The molecule has 2 aliphatic rings. The van der Waals surface area contributed by atoms with E-state index in [2.05, 4.69) is 0 Å². The monoisotopic (exact) mass is 342 g/mol. The fraction of sp³-hybridized carbons (Fsp3) is 0.400. The van der Waals surface area contributed by atoms with Crippen LogP contribution >= 0.6 is 0 Å². The first kappa shape index (κ1) is 16.7. The Labute approximate surface area is 147 Å². The van der Waals surface area contributed by atoms with Crippen LogP contribution in [0.3, 0.4) is 0 Å². The lowest BCUT2D eigenvalue weighted by Gasteiger charge is -2.38. The van der Waals surface area contributed by atoms with Gasteiger partial charge in [0.25, 0.3) is 0 Å². The summed E-state index contributed by atoms with van der Waals surface area (Å²) in [7, 11) is 0. The number of aliphatic hydroxyl groups is 1. The molecule has 5 nitrogen and oxygen atoms in total. The van der Waals surface area contributed by atoms with Crippen LogP contribution in [0.25, 0.3) is 0 Å². The van der Waals surface area contributed by atoms with E-state index < -0.39 is 18.5 Å². The van der Waals surface area contributed by atoms with Crippen molar-refractivity contribution in [1.82, 2.24) is 0 Å². The van der Waals surface area contributed by atoms with Crippen LogP contribution in [-0.4, -0.2) is 42.4 Å². The first-order valence-corrected chi connectivity index (χ1v) is 8.57. The second-order valence-electron chi connectivity index (χ2n) is 6.39. The summed E-state index contributed by atoms with van der Waals surface area (Å²) in [6.07, 6.45) is -2.60. The summed E-state index contributed by atoms with van der Waals surface area (Å²) in [4.78, 5) is 0. The molecule has 132 valence electrons. The summed E-state index contributed by atoms with van der Waals surface area (Å²) in [5.74, 6) is 0. The van der Waals surface area contributed by atoms with Crippen molar-refractivity contribution in [3.05, 3.63) is 71.8 Å². The second-order valence-corrected chi connectivity index (χ2v) is 6.39. The third kappa shape index (κ3) is 3.76. The van der Waals surface area contributed by atoms with Crippen molar-refractivity contribution < 1.29 is 24.1 Å². The lowest BCUT2D eigenvalue weighted by atomic mass is 10.0. The average Bonchev–Trinajstić information content (AvgIpc) is 3.11. The number of rotatable bonds is 6. The summed E-state index contributed by atoms with van der Waals surface area (Å²) in [6.45, 7) is 1.26. The molecule has 0 aliphatic carbocycles. The van der Waals surface area contributed by atoms with Crippen LogP contribution in [0, 0.1) is 0 Å². The molecule has 4 rings (SSSR count). The van der Waals surface area contributed by atoms with Crippen molar-refractivity contribution in [3.63, 3.8) is 0 Å². The topological polar surface area (TPSA) is 57.2 Å². The minimum Gasteiger partial charge on any atom is -0.385 e. The molecule has 0 saturated carbocycles. The Hall–Kier alpha value is -1.76. The van der Waals surface area contributed by atoms with Crippen LogP contribution in [0.2, 0.25) is 0 Å². The van der Waals surface area contributed by atoms with Gasteiger partial charge in [0, 0.05) is 0 Å². The van der Waals surface area contributed by atoms with Crippen LogP contribution in [0.5, 0.6) is 0 Å². The number of fused-ring (bicyclic) bond motifs is 2. The summed E-state index contributed by atoms with van der Waals surface area (Å²) in [5.41, 5.74) is 2.12. The molecule has 2 aromatic rings. The number of hydrogen-bond donors (Lipinski definition) is 1. The first-order valence-electron chi connectivity index (χ1n) is 8.57. The summed E-state index contributed by atoms with van der Waals surface area (Å²) >= 11 is 0. The molecule has 25 heavy (non-hydrogen) atoms. The quantitative estimate of drug-likeness (QED) is 0.873. The van der Waals surface area contributed by atoms with Crippen LogP contribution in [0.4, 0.5) is 0 Å². The Morgan fingerprint density at radius 1 is 0.840 bits per heavy atom. The number of benzene rings is 2. The predicted octanol–water partition coefficient (Wildman–Crippen LogP) is 2.27. The molecule has 0 unspecified atom stereocenters. The molecule has 2 heterocycles. The van der Waals surface area contributed by atoms with Crippen LogP contribution < -0.4 is 0 Å². The van der Waals surface area contributed by atoms with Crippen molar-refractivity contribution in [1.29, 1.82) is 0 Å². The Morgan fingerprint density at radius 2 is 1.40 bits per heavy atom. The van der Waals surface area contributed by atoms with Gasteiger partial charge in [0.2, 0.25) is 0 Å². The molecule has 2 saturated heterocycles. The van der Waals surface area contributed by atoms with Gasteiger partial charge in [-0.3, -0.25) is 0 Å². The second kappa shape index (κ2) is 7.64. The maximum atomic E-state index is 10.5. The molecule has 5 heteroatoms. The smallest absolute Gasteiger partial charge is 0.186 e. The zero-order valence-corrected chi connectivity index (χ0v) is 13.9. The zero-order chi connectivity index (χ0) is 17.1. The van der Waals surface area contributed by atoms with Gasteiger partial charge in [0.15, 0.2) is 6.29 Å². The number of ether oxygens (including phenoxy) is 4. The fourth-order valence-corrected chi connectivity index (χ4v) is 3.28. The summed E-state index contributed by atoms with van der Waals surface area (Å²) in [6, 6.07) is 19.8. The number of aliphatic hydroxyl groups excluding tert-OH is 1. The molecular weight excluding hydrogens is 320 g/mol. The number of hydrogen-bond acceptors (Lipinski definition) is 5. The van der Waals surface area contributed by atoms with Gasteiger partial charge in [0.05, 0.1) is 19.8 Å². The lowest BCUT2D eigenvalue weighted by molar-refractivity contribution is -0.254. The first-order chi connectivity index (χ1) is 12.3. The Morgan fingerprint density at radius 3 is 2.00 bits per heavy atom. The Bertz CT molecular complexity index is 619. The molecule has 2 bridgehead atoms. The predicted molar refractivity (Wildman–Crippen MR) is 90.7 cm³/mol. The molecule has 1 N–H and O–H groups in total. The molecule has 0 aromatic heterocycles. The minimum absolute atomic E-state index is 0.224. The molecule has 0 spiro atoms. The molecule has 2 aliphatic heterocycles. The molecule has 2 fully saturated rings. The van der Waals surface area contributed by atoms with E-state index in [4.69, 9.17) is 18.9 Å². The summed E-state index contributed by atoms with van der Waals surface area (Å²) in [5, 5.41) is 10.5. The van der Waals surface area contributed by atoms with Crippen LogP contribution in [-0.2, 0) is 32.2 Å². The highest BCUT2D eigenvalue weighted by Crippen LogP contribution is 2.32. The average molecular weight is 342 g/mol. The normalized spacial score (nSPS) is 31.2. The third-order valence-corrected chi connectivity index (χ3v) is 4.61. The highest BCUT2D eigenvalue weighted by molar-refractivity contribution is 5.14. The van der Waals surface area contributed by atoms with Gasteiger partial charge in [-0.15, -0.1) is 0 Å². The van der Waals surface area contributed by atoms with Gasteiger partial charge in [0.1, 0.15) is 24.4 Å². The van der Waals surface area contributed by atoms with Gasteiger partial charge in [-0.1, -0.05) is 60.7 Å². The van der Waals surface area contributed by atoms with Gasteiger partial charge in [-0.2, -0.15) is 0 Å². The van der Waals surface area contributed by atoms with E-state index in [1.165, 1.54) is 0 Å².